The molecule has 17 heavy (non-hydrogen) atoms. The Morgan fingerprint density at radius 1 is 1.24 bits per heavy atom. The van der Waals surface area contributed by atoms with E-state index in [0.29, 0.717) is 6.04 Å². The average Bonchev–Trinajstić information content (AvgIpc) is 2.27. The first-order valence-electron chi connectivity index (χ1n) is 6.14. The third-order valence-corrected chi connectivity index (χ3v) is 4.24. The number of benzene rings is 1. The second kappa shape index (κ2) is 6.46. The maximum atomic E-state index is 5.98. The molecule has 3 heteroatoms. The van der Waals surface area contributed by atoms with Gasteiger partial charge in [0.15, 0.2) is 0 Å². The van der Waals surface area contributed by atoms with Crippen molar-refractivity contribution in [3.8, 4) is 0 Å². The quantitative estimate of drug-likeness (QED) is 0.720. The van der Waals surface area contributed by atoms with Gasteiger partial charge in [-0.1, -0.05) is 36.6 Å². The van der Waals surface area contributed by atoms with Crippen LogP contribution in [0.3, 0.4) is 0 Å². The number of hydrogen-bond acceptors (Lipinski definition) is 1. The SMILES string of the molecule is Clc1ccc(NC2/C=C/CCCCC2)cc1Br. The summed E-state index contributed by atoms with van der Waals surface area (Å²) in [6, 6.07) is 6.43. The Balaban J connectivity index is 2.03. The number of anilines is 1. The smallest absolute Gasteiger partial charge is 0.0549 e. The molecule has 2 rings (SSSR count). The second-order valence-corrected chi connectivity index (χ2v) is 5.71. The molecule has 0 bridgehead atoms. The van der Waals surface area contributed by atoms with E-state index < -0.39 is 0 Å². The largest absolute Gasteiger partial charge is 0.379 e. The Bertz CT molecular complexity index is 403. The Morgan fingerprint density at radius 3 is 2.94 bits per heavy atom. The monoisotopic (exact) mass is 313 g/mol. The van der Waals surface area contributed by atoms with Gasteiger partial charge in [0.1, 0.15) is 0 Å². The molecule has 0 saturated heterocycles. The number of halogens is 2. The fourth-order valence-electron chi connectivity index (χ4n) is 2.08. The molecular weight excluding hydrogens is 298 g/mol. The van der Waals surface area contributed by atoms with Crippen LogP contribution < -0.4 is 5.32 Å². The third-order valence-electron chi connectivity index (χ3n) is 3.03. The first-order chi connectivity index (χ1) is 8.25. The van der Waals surface area contributed by atoms with Crippen LogP contribution in [0.5, 0.6) is 0 Å². The molecule has 0 fully saturated rings. The van der Waals surface area contributed by atoms with Gasteiger partial charge in [0, 0.05) is 16.2 Å². The lowest BCUT2D eigenvalue weighted by atomic mass is 10.0. The van der Waals surface area contributed by atoms with Crippen molar-refractivity contribution in [3.05, 3.63) is 39.8 Å². The fourth-order valence-corrected chi connectivity index (χ4v) is 2.58. The van der Waals surface area contributed by atoms with Gasteiger partial charge < -0.3 is 5.32 Å². The molecule has 1 N–H and O–H groups in total. The van der Waals surface area contributed by atoms with Gasteiger partial charge in [0.05, 0.1) is 5.02 Å². The molecule has 1 aromatic rings. The van der Waals surface area contributed by atoms with Gasteiger partial charge >= 0.3 is 0 Å². The summed E-state index contributed by atoms with van der Waals surface area (Å²) >= 11 is 9.43. The highest BCUT2D eigenvalue weighted by atomic mass is 79.9. The van der Waals surface area contributed by atoms with Crippen molar-refractivity contribution < 1.29 is 0 Å². The van der Waals surface area contributed by atoms with Crippen molar-refractivity contribution in [2.45, 2.75) is 38.1 Å². The number of allylic oxidation sites excluding steroid dienone is 1. The van der Waals surface area contributed by atoms with Crippen molar-refractivity contribution in [2.75, 3.05) is 5.32 Å². The van der Waals surface area contributed by atoms with Crippen LogP contribution in [0, 0.1) is 0 Å². The lowest BCUT2D eigenvalue weighted by Crippen LogP contribution is -2.17. The molecule has 0 heterocycles. The zero-order chi connectivity index (χ0) is 12.1. The lowest BCUT2D eigenvalue weighted by Gasteiger charge is -2.18. The van der Waals surface area contributed by atoms with Gasteiger partial charge in [-0.15, -0.1) is 0 Å². The Labute approximate surface area is 116 Å². The van der Waals surface area contributed by atoms with Gasteiger partial charge in [-0.2, -0.15) is 0 Å². The van der Waals surface area contributed by atoms with Crippen LogP contribution in [0.25, 0.3) is 0 Å². The molecule has 92 valence electrons. The molecule has 0 radical (unpaired) electrons. The van der Waals surface area contributed by atoms with Crippen LogP contribution in [0.15, 0.2) is 34.8 Å². The standard InChI is InChI=1S/C14H17BrClN/c15-13-10-12(8-9-14(13)16)17-11-6-4-2-1-3-5-7-11/h4,6,8-11,17H,1-3,5,7H2/b6-4+. The van der Waals surface area contributed by atoms with E-state index >= 15 is 0 Å². The van der Waals surface area contributed by atoms with Crippen molar-refractivity contribution in [3.63, 3.8) is 0 Å². The maximum absolute atomic E-state index is 5.98. The minimum Gasteiger partial charge on any atom is -0.379 e. The van der Waals surface area contributed by atoms with Crippen molar-refractivity contribution in [1.29, 1.82) is 0 Å². The van der Waals surface area contributed by atoms with Crippen LogP contribution in [-0.4, -0.2) is 6.04 Å². The van der Waals surface area contributed by atoms with E-state index in [9.17, 15) is 0 Å². The molecule has 1 atom stereocenters. The van der Waals surface area contributed by atoms with E-state index in [1.165, 1.54) is 32.1 Å². The summed E-state index contributed by atoms with van der Waals surface area (Å²) in [4.78, 5) is 0. The molecule has 1 nitrogen and oxygen atoms in total. The summed E-state index contributed by atoms with van der Waals surface area (Å²) < 4.78 is 0.944. The first kappa shape index (κ1) is 13.0. The molecule has 0 saturated carbocycles. The highest BCUT2D eigenvalue weighted by molar-refractivity contribution is 9.10. The zero-order valence-electron chi connectivity index (χ0n) is 9.76. The van der Waals surface area contributed by atoms with Crippen LogP contribution in [0.1, 0.15) is 32.1 Å². The van der Waals surface area contributed by atoms with Gasteiger partial charge in [0.2, 0.25) is 0 Å². The van der Waals surface area contributed by atoms with E-state index in [1.807, 2.05) is 18.2 Å². The predicted molar refractivity (Wildman–Crippen MR) is 78.8 cm³/mol. The van der Waals surface area contributed by atoms with E-state index in [0.717, 1.165) is 15.2 Å². The molecule has 1 aliphatic carbocycles. The third kappa shape index (κ3) is 4.04. The van der Waals surface area contributed by atoms with Crippen LogP contribution in [0.2, 0.25) is 5.02 Å². The molecule has 0 aromatic heterocycles. The van der Waals surface area contributed by atoms with E-state index in [2.05, 4.69) is 33.4 Å². The molecule has 0 amide bonds. The summed E-state index contributed by atoms with van der Waals surface area (Å²) in [6.07, 6.45) is 11.0. The van der Waals surface area contributed by atoms with E-state index in [1.54, 1.807) is 0 Å². The molecule has 0 aliphatic heterocycles. The number of hydrogen-bond donors (Lipinski definition) is 1. The number of rotatable bonds is 2. The second-order valence-electron chi connectivity index (χ2n) is 4.45. The summed E-state index contributed by atoms with van der Waals surface area (Å²) in [7, 11) is 0. The Kier molecular flexibility index (Phi) is 4.93. The van der Waals surface area contributed by atoms with E-state index in [4.69, 9.17) is 11.6 Å². The topological polar surface area (TPSA) is 12.0 Å². The lowest BCUT2D eigenvalue weighted by molar-refractivity contribution is 0.610. The molecule has 0 spiro atoms. The molecular formula is C14H17BrClN. The highest BCUT2D eigenvalue weighted by Crippen LogP contribution is 2.26. The van der Waals surface area contributed by atoms with Crippen LogP contribution >= 0.6 is 27.5 Å². The zero-order valence-corrected chi connectivity index (χ0v) is 12.1. The maximum Gasteiger partial charge on any atom is 0.0549 e. The van der Waals surface area contributed by atoms with Gasteiger partial charge in [0.25, 0.3) is 0 Å². The van der Waals surface area contributed by atoms with Crippen LogP contribution in [0.4, 0.5) is 5.69 Å². The Morgan fingerprint density at radius 2 is 2.12 bits per heavy atom. The summed E-state index contributed by atoms with van der Waals surface area (Å²) in [5.74, 6) is 0. The Hall–Kier alpha value is -0.470. The normalized spacial score (nSPS) is 22.6. The van der Waals surface area contributed by atoms with Gasteiger partial charge in [-0.25, -0.2) is 0 Å². The average molecular weight is 315 g/mol. The van der Waals surface area contributed by atoms with Crippen molar-refractivity contribution in [2.24, 2.45) is 0 Å². The minimum atomic E-state index is 0.448. The summed E-state index contributed by atoms with van der Waals surface area (Å²) in [6.45, 7) is 0. The van der Waals surface area contributed by atoms with Gasteiger partial charge in [-0.05, 0) is 53.4 Å². The first-order valence-corrected chi connectivity index (χ1v) is 7.31. The minimum absolute atomic E-state index is 0.448. The summed E-state index contributed by atoms with van der Waals surface area (Å²) in [5.41, 5.74) is 1.12. The van der Waals surface area contributed by atoms with Crippen molar-refractivity contribution >= 4 is 33.2 Å². The predicted octanol–water partition coefficient (Wildman–Crippen LogP) is 5.40. The summed E-state index contributed by atoms with van der Waals surface area (Å²) in [5, 5.41) is 4.29. The fraction of sp³-hybridized carbons (Fsp3) is 0.429. The van der Waals surface area contributed by atoms with Crippen LogP contribution in [-0.2, 0) is 0 Å². The van der Waals surface area contributed by atoms with E-state index in [-0.39, 0.29) is 0 Å². The van der Waals surface area contributed by atoms with Gasteiger partial charge in [-0.3, -0.25) is 0 Å². The van der Waals surface area contributed by atoms with Crippen molar-refractivity contribution in [1.82, 2.24) is 0 Å². The number of nitrogens with one attached hydrogen (secondary N) is 1. The highest BCUT2D eigenvalue weighted by Gasteiger charge is 2.07. The molecule has 1 unspecified atom stereocenters. The molecule has 1 aliphatic rings. The molecule has 1 aromatic carbocycles.